The minimum atomic E-state index is 0.407. The zero-order valence-electron chi connectivity index (χ0n) is 7.01. The Balaban J connectivity index is 2.47. The molecule has 4 heteroatoms. The van der Waals surface area contributed by atoms with Crippen LogP contribution in [-0.4, -0.2) is 13.1 Å². The molecule has 0 amide bonds. The standard InChI is InChI=1S/C8H13BrN2S/c1-6(11-3-2-10)8-4-7(9)5-12-8/h4-6,11H,2-3,10H2,1H3. The van der Waals surface area contributed by atoms with Crippen molar-refractivity contribution in [1.82, 2.24) is 5.32 Å². The minimum Gasteiger partial charge on any atom is -0.329 e. The number of nitrogens with two attached hydrogens (primary N) is 1. The Labute approximate surface area is 85.3 Å². The molecule has 1 aromatic rings. The summed E-state index contributed by atoms with van der Waals surface area (Å²) in [6.45, 7) is 3.71. The maximum Gasteiger partial charge on any atom is 0.0386 e. The van der Waals surface area contributed by atoms with E-state index in [-0.39, 0.29) is 0 Å². The van der Waals surface area contributed by atoms with Crippen LogP contribution in [0.1, 0.15) is 17.8 Å². The fourth-order valence-corrected chi connectivity index (χ4v) is 2.43. The van der Waals surface area contributed by atoms with Crippen molar-refractivity contribution in [2.24, 2.45) is 5.73 Å². The number of nitrogens with one attached hydrogen (secondary N) is 1. The normalized spacial score (nSPS) is 13.2. The minimum absolute atomic E-state index is 0.407. The Bertz CT molecular complexity index is 237. The van der Waals surface area contributed by atoms with Gasteiger partial charge in [-0.3, -0.25) is 0 Å². The average Bonchev–Trinajstić information content (AvgIpc) is 2.47. The van der Waals surface area contributed by atoms with Crippen molar-refractivity contribution in [3.8, 4) is 0 Å². The molecule has 0 saturated carbocycles. The third kappa shape index (κ3) is 2.86. The molecule has 0 radical (unpaired) electrons. The summed E-state index contributed by atoms with van der Waals surface area (Å²) in [5.41, 5.74) is 5.39. The van der Waals surface area contributed by atoms with Crippen molar-refractivity contribution in [2.75, 3.05) is 13.1 Å². The first kappa shape index (κ1) is 10.2. The molecule has 68 valence electrons. The van der Waals surface area contributed by atoms with Crippen LogP contribution in [0.15, 0.2) is 15.9 Å². The maximum absolute atomic E-state index is 5.39. The Morgan fingerprint density at radius 3 is 3.00 bits per heavy atom. The first-order valence-corrected chi connectivity index (χ1v) is 5.58. The fourth-order valence-electron chi connectivity index (χ4n) is 0.956. The molecule has 2 nitrogen and oxygen atoms in total. The van der Waals surface area contributed by atoms with Gasteiger partial charge in [-0.05, 0) is 28.9 Å². The van der Waals surface area contributed by atoms with E-state index < -0.39 is 0 Å². The highest BCUT2D eigenvalue weighted by atomic mass is 79.9. The van der Waals surface area contributed by atoms with Crippen molar-refractivity contribution in [1.29, 1.82) is 0 Å². The van der Waals surface area contributed by atoms with E-state index in [1.165, 1.54) is 4.88 Å². The van der Waals surface area contributed by atoms with Gasteiger partial charge in [0.2, 0.25) is 0 Å². The first-order valence-electron chi connectivity index (χ1n) is 3.91. The number of hydrogen-bond acceptors (Lipinski definition) is 3. The summed E-state index contributed by atoms with van der Waals surface area (Å²) >= 11 is 5.18. The smallest absolute Gasteiger partial charge is 0.0386 e. The number of halogens is 1. The van der Waals surface area contributed by atoms with Crippen LogP contribution in [0, 0.1) is 0 Å². The van der Waals surface area contributed by atoms with Crippen molar-refractivity contribution < 1.29 is 0 Å². The van der Waals surface area contributed by atoms with Crippen LogP contribution >= 0.6 is 27.3 Å². The molecule has 12 heavy (non-hydrogen) atoms. The Morgan fingerprint density at radius 1 is 1.75 bits per heavy atom. The van der Waals surface area contributed by atoms with E-state index in [1.54, 1.807) is 11.3 Å². The second-order valence-corrected chi connectivity index (χ2v) is 4.49. The molecular formula is C8H13BrN2S. The third-order valence-electron chi connectivity index (χ3n) is 1.61. The third-order valence-corrected chi connectivity index (χ3v) is 3.49. The van der Waals surface area contributed by atoms with E-state index in [9.17, 15) is 0 Å². The molecule has 0 bridgehead atoms. The lowest BCUT2D eigenvalue weighted by Gasteiger charge is -2.09. The lowest BCUT2D eigenvalue weighted by atomic mass is 10.3. The van der Waals surface area contributed by atoms with Crippen molar-refractivity contribution in [3.63, 3.8) is 0 Å². The van der Waals surface area contributed by atoms with Gasteiger partial charge in [-0.1, -0.05) is 0 Å². The SMILES string of the molecule is CC(NCCN)c1cc(Br)cs1. The summed E-state index contributed by atoms with van der Waals surface area (Å²) in [5.74, 6) is 0. The molecule has 0 aromatic carbocycles. The molecule has 0 aliphatic heterocycles. The summed E-state index contributed by atoms with van der Waals surface area (Å²) < 4.78 is 1.16. The van der Waals surface area contributed by atoms with Crippen LogP contribution < -0.4 is 11.1 Å². The summed E-state index contributed by atoms with van der Waals surface area (Å²) in [5, 5.41) is 5.42. The van der Waals surface area contributed by atoms with Gasteiger partial charge in [0.25, 0.3) is 0 Å². The molecule has 1 aromatic heterocycles. The molecule has 1 heterocycles. The van der Waals surface area contributed by atoms with E-state index in [2.05, 4.69) is 39.6 Å². The predicted octanol–water partition coefficient (Wildman–Crippen LogP) is 2.12. The van der Waals surface area contributed by atoms with Gasteiger partial charge in [0.1, 0.15) is 0 Å². The highest BCUT2D eigenvalue weighted by molar-refractivity contribution is 9.10. The Hall–Kier alpha value is 0.1000. The van der Waals surface area contributed by atoms with E-state index in [4.69, 9.17) is 5.73 Å². The van der Waals surface area contributed by atoms with Crippen LogP contribution in [0.5, 0.6) is 0 Å². The van der Waals surface area contributed by atoms with Crippen LogP contribution in [0.3, 0.4) is 0 Å². The number of hydrogen-bond donors (Lipinski definition) is 2. The van der Waals surface area contributed by atoms with Crippen molar-refractivity contribution in [3.05, 3.63) is 20.8 Å². The largest absolute Gasteiger partial charge is 0.329 e. The van der Waals surface area contributed by atoms with E-state index >= 15 is 0 Å². The molecule has 1 rings (SSSR count). The molecule has 0 spiro atoms. The van der Waals surface area contributed by atoms with Crippen LogP contribution in [0.4, 0.5) is 0 Å². The highest BCUT2D eigenvalue weighted by Gasteiger charge is 2.05. The summed E-state index contributed by atoms with van der Waals surface area (Å²) in [6.07, 6.45) is 0. The Kier molecular flexibility index (Phi) is 4.21. The molecule has 1 unspecified atom stereocenters. The molecule has 0 aliphatic rings. The topological polar surface area (TPSA) is 38.0 Å². The van der Waals surface area contributed by atoms with Crippen LogP contribution in [0.25, 0.3) is 0 Å². The Morgan fingerprint density at radius 2 is 2.50 bits per heavy atom. The zero-order valence-corrected chi connectivity index (χ0v) is 9.41. The van der Waals surface area contributed by atoms with Gasteiger partial charge in [-0.2, -0.15) is 0 Å². The van der Waals surface area contributed by atoms with Crippen molar-refractivity contribution >= 4 is 27.3 Å². The monoisotopic (exact) mass is 248 g/mol. The number of rotatable bonds is 4. The molecule has 0 saturated heterocycles. The predicted molar refractivity (Wildman–Crippen MR) is 57.5 cm³/mol. The first-order chi connectivity index (χ1) is 5.74. The second kappa shape index (κ2) is 4.97. The van der Waals surface area contributed by atoms with Gasteiger partial charge in [0, 0.05) is 33.9 Å². The molecule has 3 N–H and O–H groups in total. The fraction of sp³-hybridized carbons (Fsp3) is 0.500. The van der Waals surface area contributed by atoms with E-state index in [1.807, 2.05) is 0 Å². The average molecular weight is 249 g/mol. The van der Waals surface area contributed by atoms with Gasteiger partial charge in [-0.25, -0.2) is 0 Å². The quantitative estimate of drug-likeness (QED) is 0.857. The second-order valence-electron chi connectivity index (χ2n) is 2.63. The summed E-state index contributed by atoms with van der Waals surface area (Å²) in [4.78, 5) is 1.34. The number of thiophene rings is 1. The zero-order chi connectivity index (χ0) is 8.97. The van der Waals surface area contributed by atoms with Crippen molar-refractivity contribution in [2.45, 2.75) is 13.0 Å². The summed E-state index contributed by atoms with van der Waals surface area (Å²) in [7, 11) is 0. The van der Waals surface area contributed by atoms with E-state index in [0.717, 1.165) is 11.0 Å². The lowest BCUT2D eigenvalue weighted by Crippen LogP contribution is -2.24. The lowest BCUT2D eigenvalue weighted by molar-refractivity contribution is 0.590. The maximum atomic E-state index is 5.39. The highest BCUT2D eigenvalue weighted by Crippen LogP contribution is 2.24. The van der Waals surface area contributed by atoms with E-state index in [0.29, 0.717) is 12.6 Å². The molecule has 0 aliphatic carbocycles. The van der Waals surface area contributed by atoms with Gasteiger partial charge in [-0.15, -0.1) is 11.3 Å². The van der Waals surface area contributed by atoms with Crippen LogP contribution in [0.2, 0.25) is 0 Å². The van der Waals surface area contributed by atoms with Gasteiger partial charge in [0.15, 0.2) is 0 Å². The van der Waals surface area contributed by atoms with Crippen LogP contribution in [-0.2, 0) is 0 Å². The van der Waals surface area contributed by atoms with Gasteiger partial charge >= 0.3 is 0 Å². The molecule has 1 atom stereocenters. The summed E-state index contributed by atoms with van der Waals surface area (Å²) in [6, 6.07) is 2.55. The van der Waals surface area contributed by atoms with Gasteiger partial charge < -0.3 is 11.1 Å². The van der Waals surface area contributed by atoms with Gasteiger partial charge in [0.05, 0.1) is 0 Å². The molecule has 0 fully saturated rings. The molecular weight excluding hydrogens is 236 g/mol.